The van der Waals surface area contributed by atoms with Crippen molar-refractivity contribution in [1.82, 2.24) is 14.8 Å². The van der Waals surface area contributed by atoms with Gasteiger partial charge < -0.3 is 24.6 Å². The van der Waals surface area contributed by atoms with Crippen molar-refractivity contribution in [2.45, 2.75) is 11.8 Å². The Kier molecular flexibility index (Phi) is 7.77. The minimum atomic E-state index is -1.03. The van der Waals surface area contributed by atoms with Crippen molar-refractivity contribution < 1.29 is 19.4 Å². The van der Waals surface area contributed by atoms with E-state index < -0.39 is 12.0 Å². The molecule has 8 heteroatoms. The van der Waals surface area contributed by atoms with Gasteiger partial charge in [-0.1, -0.05) is 54.6 Å². The van der Waals surface area contributed by atoms with Gasteiger partial charge in [-0.05, 0) is 46.3 Å². The molecule has 190 valence electrons. The maximum absolute atomic E-state index is 12.3. The van der Waals surface area contributed by atoms with Gasteiger partial charge in [0, 0.05) is 36.5 Å². The monoisotopic (exact) mass is 515 g/mol. The summed E-state index contributed by atoms with van der Waals surface area (Å²) in [6, 6.07) is 26.0. The number of carboxylic acids is 1. The van der Waals surface area contributed by atoms with Gasteiger partial charge in [-0.15, -0.1) is 0 Å². The number of morpholine rings is 1. The zero-order valence-corrected chi connectivity index (χ0v) is 21.2. The maximum Gasteiger partial charge on any atom is 0.327 e. The van der Waals surface area contributed by atoms with E-state index in [1.807, 2.05) is 6.07 Å². The molecule has 2 heterocycles. The fourth-order valence-electron chi connectivity index (χ4n) is 4.39. The Balaban J connectivity index is 1.16. The molecule has 1 saturated heterocycles. The van der Waals surface area contributed by atoms with Crippen LogP contribution in [0.5, 0.6) is 0 Å². The molecule has 0 radical (unpaired) electrons. The Labute approximate surface area is 220 Å². The van der Waals surface area contributed by atoms with E-state index in [0.29, 0.717) is 37.8 Å². The molecule has 1 fully saturated rings. The average Bonchev–Trinajstić information content (AvgIpc) is 3.37. The molecule has 0 aliphatic carbocycles. The van der Waals surface area contributed by atoms with Gasteiger partial charge in [-0.25, -0.2) is 9.59 Å². The fourth-order valence-corrected chi connectivity index (χ4v) is 5.40. The molecule has 2 N–H and O–H groups in total. The van der Waals surface area contributed by atoms with E-state index in [-0.39, 0.29) is 6.03 Å². The largest absolute Gasteiger partial charge is 0.480 e. The van der Waals surface area contributed by atoms with Crippen molar-refractivity contribution >= 4 is 34.7 Å². The molecule has 1 atom stereocenters. The number of hydrogen-bond donors (Lipinski definition) is 2. The number of benzene rings is 3. The van der Waals surface area contributed by atoms with Gasteiger partial charge in [0.05, 0.1) is 18.7 Å². The number of thioether (sulfide) groups is 1. The molecular formula is C29H29N3O4S. The highest BCUT2D eigenvalue weighted by atomic mass is 32.2. The van der Waals surface area contributed by atoms with E-state index in [9.17, 15) is 14.7 Å². The lowest BCUT2D eigenvalue weighted by Crippen LogP contribution is -2.52. The number of carbonyl (C=O) groups excluding carboxylic acids is 1. The Bertz CT molecular complexity index is 1360. The van der Waals surface area contributed by atoms with E-state index in [2.05, 4.69) is 88.9 Å². The van der Waals surface area contributed by atoms with E-state index in [1.54, 1.807) is 4.90 Å². The Morgan fingerprint density at radius 3 is 2.30 bits per heavy atom. The second-order valence-corrected chi connectivity index (χ2v) is 9.97. The summed E-state index contributed by atoms with van der Waals surface area (Å²) in [6.45, 7) is 1.90. The highest BCUT2D eigenvalue weighted by Crippen LogP contribution is 2.25. The van der Waals surface area contributed by atoms with Crippen molar-refractivity contribution in [3.05, 3.63) is 90.6 Å². The standard InChI is InChI=1S/C29H29N3O4S/c33-28(34)26(30-29(35)31-15-17-36-18-16-31)20-37-19-21-5-7-22(8-6-21)23-9-11-25(12-10-23)32-14-13-24-3-1-2-4-27(24)32/h1-14,26H,15-20H2,(H,30,35)(H,33,34)/t26-/m0/s1. The molecule has 0 bridgehead atoms. The van der Waals surface area contributed by atoms with Crippen LogP contribution in [0.15, 0.2) is 85.1 Å². The maximum atomic E-state index is 12.3. The number of aromatic nitrogens is 1. The van der Waals surface area contributed by atoms with Crippen LogP contribution in [0.1, 0.15) is 5.56 Å². The lowest BCUT2D eigenvalue weighted by atomic mass is 10.0. The molecule has 7 nitrogen and oxygen atoms in total. The topological polar surface area (TPSA) is 83.8 Å². The fraction of sp³-hybridized carbons (Fsp3) is 0.241. The molecule has 37 heavy (non-hydrogen) atoms. The molecule has 2 amide bonds. The molecule has 1 aliphatic rings. The summed E-state index contributed by atoms with van der Waals surface area (Å²) in [5.74, 6) is -0.0689. The van der Waals surface area contributed by atoms with Gasteiger partial charge in [-0.3, -0.25) is 0 Å². The molecule has 1 aliphatic heterocycles. The number of nitrogens with one attached hydrogen (secondary N) is 1. The molecule has 0 saturated carbocycles. The molecule has 3 aromatic carbocycles. The third kappa shape index (κ3) is 5.98. The highest BCUT2D eigenvalue weighted by Gasteiger charge is 2.24. The van der Waals surface area contributed by atoms with Crippen LogP contribution >= 0.6 is 11.8 Å². The third-order valence-corrected chi connectivity index (χ3v) is 7.59. The summed E-state index contributed by atoms with van der Waals surface area (Å²) >= 11 is 1.49. The van der Waals surface area contributed by atoms with E-state index in [4.69, 9.17) is 4.74 Å². The predicted molar refractivity (Wildman–Crippen MR) is 147 cm³/mol. The number of amides is 2. The van der Waals surface area contributed by atoms with Gasteiger partial charge in [0.2, 0.25) is 0 Å². The van der Waals surface area contributed by atoms with Crippen LogP contribution in [0.3, 0.4) is 0 Å². The Hall–Kier alpha value is -3.75. The first-order valence-corrected chi connectivity index (χ1v) is 13.4. The zero-order valence-electron chi connectivity index (χ0n) is 20.4. The molecule has 0 spiro atoms. The van der Waals surface area contributed by atoms with Gasteiger partial charge in [0.15, 0.2) is 0 Å². The van der Waals surface area contributed by atoms with Crippen LogP contribution in [0.2, 0.25) is 0 Å². The molecule has 0 unspecified atom stereocenters. The van der Waals surface area contributed by atoms with Crippen molar-refractivity contribution in [2.75, 3.05) is 32.1 Å². The van der Waals surface area contributed by atoms with Crippen molar-refractivity contribution in [3.8, 4) is 16.8 Å². The number of carboxylic acid groups (broad SMARTS) is 1. The Morgan fingerprint density at radius 1 is 0.919 bits per heavy atom. The second kappa shape index (κ2) is 11.5. The number of fused-ring (bicyclic) bond motifs is 1. The van der Waals surface area contributed by atoms with Gasteiger partial charge in [0.1, 0.15) is 6.04 Å². The lowest BCUT2D eigenvalue weighted by molar-refractivity contribution is -0.138. The van der Waals surface area contributed by atoms with Crippen LogP contribution in [-0.4, -0.2) is 64.7 Å². The summed E-state index contributed by atoms with van der Waals surface area (Å²) in [7, 11) is 0. The van der Waals surface area contributed by atoms with Crippen molar-refractivity contribution in [1.29, 1.82) is 0 Å². The van der Waals surface area contributed by atoms with Gasteiger partial charge >= 0.3 is 12.0 Å². The quantitative estimate of drug-likeness (QED) is 0.344. The van der Waals surface area contributed by atoms with Crippen LogP contribution in [0.4, 0.5) is 4.79 Å². The van der Waals surface area contributed by atoms with E-state index in [0.717, 1.165) is 22.4 Å². The number of para-hydroxylation sites is 1. The number of hydrogen-bond acceptors (Lipinski definition) is 4. The first-order valence-electron chi connectivity index (χ1n) is 12.3. The first kappa shape index (κ1) is 24.9. The number of aliphatic carboxylic acids is 1. The zero-order chi connectivity index (χ0) is 25.6. The normalized spacial score (nSPS) is 14.4. The van der Waals surface area contributed by atoms with Crippen LogP contribution in [0, 0.1) is 0 Å². The summed E-state index contributed by atoms with van der Waals surface area (Å²) in [4.78, 5) is 25.6. The van der Waals surface area contributed by atoms with E-state index >= 15 is 0 Å². The summed E-state index contributed by atoms with van der Waals surface area (Å²) < 4.78 is 7.43. The predicted octanol–water partition coefficient (Wildman–Crippen LogP) is 5.03. The second-order valence-electron chi connectivity index (χ2n) is 8.94. The molecular weight excluding hydrogens is 486 g/mol. The van der Waals surface area contributed by atoms with Crippen molar-refractivity contribution in [3.63, 3.8) is 0 Å². The highest BCUT2D eigenvalue weighted by molar-refractivity contribution is 7.98. The summed E-state index contributed by atoms with van der Waals surface area (Å²) in [6.07, 6.45) is 2.09. The first-order chi connectivity index (χ1) is 18.1. The average molecular weight is 516 g/mol. The van der Waals surface area contributed by atoms with Gasteiger partial charge in [-0.2, -0.15) is 11.8 Å². The Morgan fingerprint density at radius 2 is 1.59 bits per heavy atom. The SMILES string of the molecule is O=C(O)[C@H](CSCc1ccc(-c2ccc(-n3ccc4ccccc43)cc2)cc1)NC(=O)N1CCOCC1. The van der Waals surface area contributed by atoms with Crippen molar-refractivity contribution in [2.24, 2.45) is 0 Å². The number of nitrogens with zero attached hydrogens (tertiary/aromatic N) is 2. The number of ether oxygens (including phenoxy) is 1. The smallest absolute Gasteiger partial charge is 0.327 e. The van der Waals surface area contributed by atoms with Crippen LogP contribution in [-0.2, 0) is 15.3 Å². The number of carbonyl (C=O) groups is 2. The van der Waals surface area contributed by atoms with E-state index in [1.165, 1.54) is 22.7 Å². The molecule has 4 aromatic rings. The molecule has 1 aromatic heterocycles. The molecule has 5 rings (SSSR count). The van der Waals surface area contributed by atoms with Crippen LogP contribution in [0.25, 0.3) is 27.7 Å². The number of urea groups is 1. The minimum absolute atomic E-state index is 0.294. The third-order valence-electron chi connectivity index (χ3n) is 6.48. The summed E-state index contributed by atoms with van der Waals surface area (Å²) in [5, 5.41) is 13.4. The minimum Gasteiger partial charge on any atom is -0.480 e. The summed E-state index contributed by atoms with van der Waals surface area (Å²) in [5.41, 5.74) is 5.66. The van der Waals surface area contributed by atoms with Gasteiger partial charge in [0.25, 0.3) is 0 Å². The number of rotatable bonds is 8. The van der Waals surface area contributed by atoms with Crippen LogP contribution < -0.4 is 5.32 Å². The lowest BCUT2D eigenvalue weighted by Gasteiger charge is -2.28.